The lowest BCUT2D eigenvalue weighted by Gasteiger charge is -2.26. The Morgan fingerprint density at radius 3 is 2.87 bits per heavy atom. The van der Waals surface area contributed by atoms with E-state index in [4.69, 9.17) is 0 Å². The highest BCUT2D eigenvalue weighted by Gasteiger charge is 2.30. The van der Waals surface area contributed by atoms with Crippen molar-refractivity contribution < 1.29 is 14.0 Å². The standard InChI is InChI=1S/C17H24FN3O2/c1-20(2)17(23)15-8-4-10-21(15)11-5-9-19-16(22)13-6-3-7-14(18)12-13/h3,6-7,12,15H,4-5,8-11H2,1-2H3,(H,19,22)/t15-/m0/s1. The highest BCUT2D eigenvalue weighted by molar-refractivity contribution is 5.94. The van der Waals surface area contributed by atoms with E-state index in [1.807, 2.05) is 0 Å². The fraction of sp³-hybridized carbons (Fsp3) is 0.529. The average molecular weight is 321 g/mol. The maximum absolute atomic E-state index is 13.1. The van der Waals surface area contributed by atoms with Crippen LogP contribution in [0.3, 0.4) is 0 Å². The van der Waals surface area contributed by atoms with Gasteiger partial charge in [0.15, 0.2) is 0 Å². The lowest BCUT2D eigenvalue weighted by atomic mass is 10.2. The predicted molar refractivity (Wildman–Crippen MR) is 86.6 cm³/mol. The summed E-state index contributed by atoms with van der Waals surface area (Å²) in [6.45, 7) is 2.20. The Morgan fingerprint density at radius 2 is 2.17 bits per heavy atom. The molecule has 1 aliphatic heterocycles. The molecule has 0 unspecified atom stereocenters. The molecular formula is C17H24FN3O2. The number of carbonyl (C=O) groups is 2. The van der Waals surface area contributed by atoms with Crippen LogP contribution in [0.2, 0.25) is 0 Å². The van der Waals surface area contributed by atoms with Gasteiger partial charge in [-0.05, 0) is 44.0 Å². The predicted octanol–water partition coefficient (Wildman–Crippen LogP) is 1.50. The van der Waals surface area contributed by atoms with E-state index in [0.29, 0.717) is 12.1 Å². The lowest BCUT2D eigenvalue weighted by molar-refractivity contribution is -0.133. The first kappa shape index (κ1) is 17.4. The lowest BCUT2D eigenvalue weighted by Crippen LogP contribution is -2.43. The molecule has 1 atom stereocenters. The number of amides is 2. The fourth-order valence-electron chi connectivity index (χ4n) is 2.89. The summed E-state index contributed by atoms with van der Waals surface area (Å²) in [5.41, 5.74) is 0.326. The van der Waals surface area contributed by atoms with Crippen molar-refractivity contribution in [3.63, 3.8) is 0 Å². The molecule has 1 heterocycles. The third kappa shape index (κ3) is 4.76. The van der Waals surface area contributed by atoms with Gasteiger partial charge in [0.05, 0.1) is 6.04 Å². The highest BCUT2D eigenvalue weighted by atomic mass is 19.1. The van der Waals surface area contributed by atoms with Crippen LogP contribution in [-0.4, -0.2) is 61.4 Å². The molecule has 0 radical (unpaired) electrons. The van der Waals surface area contributed by atoms with Crippen molar-refractivity contribution >= 4 is 11.8 Å². The number of likely N-dealkylation sites (N-methyl/N-ethyl adjacent to an activating group) is 1. The van der Waals surface area contributed by atoms with Gasteiger partial charge in [0.2, 0.25) is 5.91 Å². The Bertz CT molecular complexity index is 563. The molecule has 126 valence electrons. The molecule has 6 heteroatoms. The van der Waals surface area contributed by atoms with E-state index in [1.165, 1.54) is 18.2 Å². The number of benzene rings is 1. The van der Waals surface area contributed by atoms with Gasteiger partial charge in [0.1, 0.15) is 5.82 Å². The van der Waals surface area contributed by atoms with Gasteiger partial charge in [0.25, 0.3) is 5.91 Å². The molecule has 0 saturated carbocycles. The van der Waals surface area contributed by atoms with Gasteiger partial charge in [-0.1, -0.05) is 6.07 Å². The summed E-state index contributed by atoms with van der Waals surface area (Å²) >= 11 is 0. The molecule has 5 nitrogen and oxygen atoms in total. The number of hydrogen-bond donors (Lipinski definition) is 1. The van der Waals surface area contributed by atoms with Crippen molar-refractivity contribution in [2.45, 2.75) is 25.3 Å². The fourth-order valence-corrected chi connectivity index (χ4v) is 2.89. The molecule has 1 aromatic rings. The normalized spacial score (nSPS) is 18.0. The minimum atomic E-state index is -0.417. The van der Waals surface area contributed by atoms with Crippen LogP contribution in [-0.2, 0) is 4.79 Å². The highest BCUT2D eigenvalue weighted by Crippen LogP contribution is 2.18. The topological polar surface area (TPSA) is 52.7 Å². The van der Waals surface area contributed by atoms with Gasteiger partial charge >= 0.3 is 0 Å². The molecule has 2 rings (SSSR count). The Labute approximate surface area is 136 Å². The second-order valence-corrected chi connectivity index (χ2v) is 6.05. The van der Waals surface area contributed by atoms with Crippen LogP contribution < -0.4 is 5.32 Å². The van der Waals surface area contributed by atoms with Crippen LogP contribution in [0.1, 0.15) is 29.6 Å². The van der Waals surface area contributed by atoms with Gasteiger partial charge in [0, 0.05) is 32.7 Å². The van der Waals surface area contributed by atoms with Gasteiger partial charge in [-0.25, -0.2) is 4.39 Å². The summed E-state index contributed by atoms with van der Waals surface area (Å²) < 4.78 is 13.1. The van der Waals surface area contributed by atoms with Crippen molar-refractivity contribution in [2.75, 3.05) is 33.7 Å². The minimum Gasteiger partial charge on any atom is -0.352 e. The Balaban J connectivity index is 1.74. The summed E-state index contributed by atoms with van der Waals surface area (Å²) in [6, 6.07) is 5.61. The monoisotopic (exact) mass is 321 g/mol. The molecule has 23 heavy (non-hydrogen) atoms. The number of nitrogens with zero attached hydrogens (tertiary/aromatic N) is 2. The van der Waals surface area contributed by atoms with Gasteiger partial charge in [-0.15, -0.1) is 0 Å². The van der Waals surface area contributed by atoms with E-state index in [0.717, 1.165) is 32.4 Å². The molecule has 0 aromatic heterocycles. The van der Waals surface area contributed by atoms with Gasteiger partial charge < -0.3 is 10.2 Å². The first-order valence-electron chi connectivity index (χ1n) is 7.98. The van der Waals surface area contributed by atoms with E-state index in [1.54, 1.807) is 25.1 Å². The van der Waals surface area contributed by atoms with Crippen LogP contribution in [0.5, 0.6) is 0 Å². The third-order valence-corrected chi connectivity index (χ3v) is 4.08. The van der Waals surface area contributed by atoms with E-state index in [-0.39, 0.29) is 17.9 Å². The summed E-state index contributed by atoms with van der Waals surface area (Å²) in [5.74, 6) is -0.544. The SMILES string of the molecule is CN(C)C(=O)[C@@H]1CCCN1CCCNC(=O)c1cccc(F)c1. The first-order chi connectivity index (χ1) is 11.0. The van der Waals surface area contributed by atoms with Crippen molar-refractivity contribution in [1.82, 2.24) is 15.1 Å². The van der Waals surface area contributed by atoms with Crippen molar-refractivity contribution in [3.8, 4) is 0 Å². The smallest absolute Gasteiger partial charge is 0.251 e. The van der Waals surface area contributed by atoms with Crippen LogP contribution in [0, 0.1) is 5.82 Å². The zero-order valence-corrected chi connectivity index (χ0v) is 13.7. The molecule has 1 aromatic carbocycles. The molecule has 0 spiro atoms. The summed E-state index contributed by atoms with van der Waals surface area (Å²) in [5, 5.41) is 2.79. The van der Waals surface area contributed by atoms with Crippen molar-refractivity contribution in [2.24, 2.45) is 0 Å². The van der Waals surface area contributed by atoms with E-state index in [9.17, 15) is 14.0 Å². The van der Waals surface area contributed by atoms with E-state index >= 15 is 0 Å². The van der Waals surface area contributed by atoms with Crippen molar-refractivity contribution in [3.05, 3.63) is 35.6 Å². The van der Waals surface area contributed by atoms with Crippen LogP contribution >= 0.6 is 0 Å². The Morgan fingerprint density at radius 1 is 1.39 bits per heavy atom. The van der Waals surface area contributed by atoms with Gasteiger partial charge in [-0.3, -0.25) is 14.5 Å². The molecule has 0 aliphatic carbocycles. The van der Waals surface area contributed by atoms with Crippen molar-refractivity contribution in [1.29, 1.82) is 0 Å². The molecule has 1 saturated heterocycles. The zero-order valence-electron chi connectivity index (χ0n) is 13.7. The van der Waals surface area contributed by atoms with Gasteiger partial charge in [-0.2, -0.15) is 0 Å². The number of nitrogens with one attached hydrogen (secondary N) is 1. The first-order valence-corrected chi connectivity index (χ1v) is 7.98. The zero-order chi connectivity index (χ0) is 16.8. The number of rotatable bonds is 6. The molecule has 1 fully saturated rings. The van der Waals surface area contributed by atoms with Crippen LogP contribution in [0.4, 0.5) is 4.39 Å². The van der Waals surface area contributed by atoms with Crippen LogP contribution in [0.15, 0.2) is 24.3 Å². The maximum Gasteiger partial charge on any atom is 0.251 e. The number of likely N-dealkylation sites (tertiary alicyclic amines) is 1. The second kappa shape index (κ2) is 8.06. The summed E-state index contributed by atoms with van der Waals surface area (Å²) in [4.78, 5) is 27.8. The number of halogens is 1. The molecular weight excluding hydrogens is 297 g/mol. The largest absolute Gasteiger partial charge is 0.352 e. The molecule has 2 amide bonds. The minimum absolute atomic E-state index is 0.0380. The number of carbonyl (C=O) groups excluding carboxylic acids is 2. The van der Waals surface area contributed by atoms with Crippen LogP contribution in [0.25, 0.3) is 0 Å². The maximum atomic E-state index is 13.1. The number of hydrogen-bond acceptors (Lipinski definition) is 3. The van der Waals surface area contributed by atoms with E-state index in [2.05, 4.69) is 10.2 Å². The molecule has 0 bridgehead atoms. The summed E-state index contributed by atoms with van der Waals surface area (Å²) in [7, 11) is 3.55. The molecule has 1 N–H and O–H groups in total. The second-order valence-electron chi connectivity index (χ2n) is 6.05. The quantitative estimate of drug-likeness (QED) is 0.808. The average Bonchev–Trinajstić information content (AvgIpc) is 2.98. The third-order valence-electron chi connectivity index (χ3n) is 4.08. The summed E-state index contributed by atoms with van der Waals surface area (Å²) in [6.07, 6.45) is 2.69. The molecule has 1 aliphatic rings. The Kier molecular flexibility index (Phi) is 6.10. The Hall–Kier alpha value is -1.95. The van der Waals surface area contributed by atoms with E-state index < -0.39 is 5.82 Å².